The first kappa shape index (κ1) is 16.6. The number of benzene rings is 1. The van der Waals surface area contributed by atoms with Crippen molar-refractivity contribution in [2.24, 2.45) is 0 Å². The van der Waals surface area contributed by atoms with E-state index < -0.39 is 0 Å². The van der Waals surface area contributed by atoms with Gasteiger partial charge in [0.1, 0.15) is 11.5 Å². The molecule has 22 heavy (non-hydrogen) atoms. The Bertz CT molecular complexity index is 620. The molecule has 1 aromatic heterocycles. The maximum atomic E-state index is 12.1. The van der Waals surface area contributed by atoms with Crippen molar-refractivity contribution < 1.29 is 9.21 Å². The molecule has 0 bridgehead atoms. The summed E-state index contributed by atoms with van der Waals surface area (Å²) in [6.45, 7) is 2.42. The number of furan rings is 1. The average Bonchev–Trinajstić information content (AvgIpc) is 2.87. The molecule has 0 aliphatic carbocycles. The summed E-state index contributed by atoms with van der Waals surface area (Å²) < 4.78 is 5.66. The normalized spacial score (nSPS) is 12.4. The fourth-order valence-electron chi connectivity index (χ4n) is 2.23. The Kier molecular flexibility index (Phi) is 5.63. The van der Waals surface area contributed by atoms with Gasteiger partial charge in [-0.15, -0.1) is 0 Å². The molecular formula is C17H21ClN2O2. The van der Waals surface area contributed by atoms with Gasteiger partial charge >= 0.3 is 0 Å². The Morgan fingerprint density at radius 2 is 1.91 bits per heavy atom. The van der Waals surface area contributed by atoms with Gasteiger partial charge < -0.3 is 9.73 Å². The molecule has 2 rings (SSSR count). The summed E-state index contributed by atoms with van der Waals surface area (Å²) in [5, 5.41) is 3.63. The summed E-state index contributed by atoms with van der Waals surface area (Å²) in [5.74, 6) is 1.71. The minimum Gasteiger partial charge on any atom is -0.465 e. The van der Waals surface area contributed by atoms with Crippen LogP contribution >= 0.6 is 11.6 Å². The standard InChI is InChI=1S/C17H21ClN2O2/c1-12-4-9-16(22-12)15(20(2)3)11-19-17(21)10-13-5-7-14(18)8-6-13/h4-9,15H,10-11H2,1-3H3,(H,19,21)/t15-/m1/s1. The first-order valence-electron chi connectivity index (χ1n) is 7.19. The molecule has 118 valence electrons. The van der Waals surface area contributed by atoms with Gasteiger partial charge in [0, 0.05) is 11.6 Å². The highest BCUT2D eigenvalue weighted by molar-refractivity contribution is 6.30. The van der Waals surface area contributed by atoms with E-state index in [0.717, 1.165) is 17.1 Å². The fourth-order valence-corrected chi connectivity index (χ4v) is 2.36. The van der Waals surface area contributed by atoms with Gasteiger partial charge in [0.05, 0.1) is 12.5 Å². The highest BCUT2D eigenvalue weighted by Crippen LogP contribution is 2.20. The van der Waals surface area contributed by atoms with Gasteiger partial charge in [0.25, 0.3) is 0 Å². The smallest absolute Gasteiger partial charge is 0.224 e. The van der Waals surface area contributed by atoms with Gasteiger partial charge in [-0.1, -0.05) is 23.7 Å². The van der Waals surface area contributed by atoms with Crippen molar-refractivity contribution in [1.82, 2.24) is 10.2 Å². The quantitative estimate of drug-likeness (QED) is 0.889. The summed E-state index contributed by atoms with van der Waals surface area (Å²) in [4.78, 5) is 14.1. The Morgan fingerprint density at radius 1 is 1.23 bits per heavy atom. The molecule has 0 saturated carbocycles. The summed E-state index contributed by atoms with van der Waals surface area (Å²) in [5.41, 5.74) is 0.942. The number of nitrogens with one attached hydrogen (secondary N) is 1. The van der Waals surface area contributed by atoms with E-state index >= 15 is 0 Å². The van der Waals surface area contributed by atoms with Crippen LogP contribution in [-0.4, -0.2) is 31.4 Å². The van der Waals surface area contributed by atoms with Crippen molar-refractivity contribution in [3.05, 3.63) is 58.5 Å². The molecule has 1 atom stereocenters. The molecule has 0 fully saturated rings. The molecule has 2 aromatic rings. The largest absolute Gasteiger partial charge is 0.465 e. The molecule has 0 saturated heterocycles. The van der Waals surface area contributed by atoms with Crippen LogP contribution in [0.1, 0.15) is 23.1 Å². The predicted octanol–water partition coefficient (Wildman–Crippen LogP) is 3.20. The SMILES string of the molecule is Cc1ccc([C@@H](CNC(=O)Cc2ccc(Cl)cc2)N(C)C)o1. The number of amides is 1. The van der Waals surface area contributed by atoms with Crippen molar-refractivity contribution in [3.63, 3.8) is 0 Å². The van der Waals surface area contributed by atoms with E-state index in [1.807, 2.05) is 50.2 Å². The van der Waals surface area contributed by atoms with E-state index in [1.165, 1.54) is 0 Å². The van der Waals surface area contributed by atoms with E-state index in [-0.39, 0.29) is 11.9 Å². The zero-order valence-electron chi connectivity index (χ0n) is 13.1. The molecule has 0 unspecified atom stereocenters. The highest BCUT2D eigenvalue weighted by atomic mass is 35.5. The van der Waals surface area contributed by atoms with E-state index in [4.69, 9.17) is 16.0 Å². The molecule has 1 heterocycles. The third-order valence-electron chi connectivity index (χ3n) is 3.48. The Labute approximate surface area is 136 Å². The topological polar surface area (TPSA) is 45.5 Å². The lowest BCUT2D eigenvalue weighted by Crippen LogP contribution is -2.35. The second-order valence-corrected chi connectivity index (χ2v) is 5.97. The second kappa shape index (κ2) is 7.47. The van der Waals surface area contributed by atoms with Crippen LogP contribution in [0.4, 0.5) is 0 Å². The monoisotopic (exact) mass is 320 g/mol. The van der Waals surface area contributed by atoms with Crippen molar-refractivity contribution in [2.75, 3.05) is 20.6 Å². The zero-order chi connectivity index (χ0) is 16.1. The van der Waals surface area contributed by atoms with Crippen LogP contribution < -0.4 is 5.32 Å². The van der Waals surface area contributed by atoms with E-state index in [0.29, 0.717) is 18.0 Å². The summed E-state index contributed by atoms with van der Waals surface area (Å²) in [7, 11) is 3.93. The summed E-state index contributed by atoms with van der Waals surface area (Å²) >= 11 is 5.84. The number of hydrogen-bond donors (Lipinski definition) is 1. The van der Waals surface area contributed by atoms with Gasteiger partial charge in [0.15, 0.2) is 0 Å². The first-order chi connectivity index (χ1) is 10.5. The highest BCUT2D eigenvalue weighted by Gasteiger charge is 2.18. The fraction of sp³-hybridized carbons (Fsp3) is 0.353. The molecule has 0 radical (unpaired) electrons. The lowest BCUT2D eigenvalue weighted by Gasteiger charge is -2.22. The Morgan fingerprint density at radius 3 is 2.45 bits per heavy atom. The zero-order valence-corrected chi connectivity index (χ0v) is 13.9. The van der Waals surface area contributed by atoms with Crippen LogP contribution in [0.25, 0.3) is 0 Å². The van der Waals surface area contributed by atoms with Crippen molar-refractivity contribution >= 4 is 17.5 Å². The van der Waals surface area contributed by atoms with Gasteiger partial charge in [0.2, 0.25) is 5.91 Å². The minimum absolute atomic E-state index is 0.0162. The molecule has 1 aromatic carbocycles. The number of nitrogens with zero attached hydrogens (tertiary/aromatic N) is 1. The lowest BCUT2D eigenvalue weighted by molar-refractivity contribution is -0.120. The molecular weight excluding hydrogens is 300 g/mol. The van der Waals surface area contributed by atoms with E-state index in [2.05, 4.69) is 5.32 Å². The molecule has 0 aliphatic heterocycles. The van der Waals surface area contributed by atoms with Crippen LogP contribution in [0.2, 0.25) is 5.02 Å². The van der Waals surface area contributed by atoms with Crippen molar-refractivity contribution in [3.8, 4) is 0 Å². The molecule has 5 heteroatoms. The third kappa shape index (κ3) is 4.61. The average molecular weight is 321 g/mol. The molecule has 4 nitrogen and oxygen atoms in total. The Balaban J connectivity index is 1.92. The number of rotatable bonds is 6. The molecule has 1 N–H and O–H groups in total. The van der Waals surface area contributed by atoms with Gasteiger partial charge in [-0.25, -0.2) is 0 Å². The summed E-state index contributed by atoms with van der Waals surface area (Å²) in [6, 6.07) is 11.2. The first-order valence-corrected chi connectivity index (χ1v) is 7.57. The number of hydrogen-bond acceptors (Lipinski definition) is 3. The molecule has 0 aliphatic rings. The van der Waals surface area contributed by atoms with Crippen LogP contribution in [0.5, 0.6) is 0 Å². The third-order valence-corrected chi connectivity index (χ3v) is 3.74. The Hall–Kier alpha value is -1.78. The number of halogens is 1. The van der Waals surface area contributed by atoms with Crippen molar-refractivity contribution in [2.45, 2.75) is 19.4 Å². The predicted molar refractivity (Wildman–Crippen MR) is 88.0 cm³/mol. The van der Waals surface area contributed by atoms with Gasteiger partial charge in [-0.2, -0.15) is 0 Å². The van der Waals surface area contributed by atoms with Crippen LogP contribution in [0.15, 0.2) is 40.8 Å². The number of aryl methyl sites for hydroxylation is 1. The van der Waals surface area contributed by atoms with Gasteiger partial charge in [-0.05, 0) is 50.8 Å². The van der Waals surface area contributed by atoms with Crippen LogP contribution in [0, 0.1) is 6.92 Å². The number of likely N-dealkylation sites (N-methyl/N-ethyl adjacent to an activating group) is 1. The number of carbonyl (C=O) groups excluding carboxylic acids is 1. The maximum absolute atomic E-state index is 12.1. The maximum Gasteiger partial charge on any atom is 0.224 e. The van der Waals surface area contributed by atoms with Crippen LogP contribution in [-0.2, 0) is 11.2 Å². The molecule has 1 amide bonds. The number of carbonyl (C=O) groups is 1. The minimum atomic E-state index is -0.0162. The van der Waals surface area contributed by atoms with Crippen molar-refractivity contribution in [1.29, 1.82) is 0 Å². The second-order valence-electron chi connectivity index (χ2n) is 5.54. The molecule has 0 spiro atoms. The lowest BCUT2D eigenvalue weighted by atomic mass is 10.1. The van der Waals surface area contributed by atoms with Gasteiger partial charge in [-0.3, -0.25) is 9.69 Å². The van der Waals surface area contributed by atoms with E-state index in [1.54, 1.807) is 12.1 Å². The summed E-state index contributed by atoms with van der Waals surface area (Å²) in [6.07, 6.45) is 0.342. The van der Waals surface area contributed by atoms with E-state index in [9.17, 15) is 4.79 Å². The van der Waals surface area contributed by atoms with Crippen LogP contribution in [0.3, 0.4) is 0 Å².